The smallest absolute Gasteiger partial charge is 0.243 e. The first kappa shape index (κ1) is 19.6. The summed E-state index contributed by atoms with van der Waals surface area (Å²) >= 11 is 5.84. The highest BCUT2D eigenvalue weighted by atomic mass is 35.5. The summed E-state index contributed by atoms with van der Waals surface area (Å²) in [6.07, 6.45) is 2.77. The van der Waals surface area contributed by atoms with Crippen LogP contribution in [0.25, 0.3) is 0 Å². The average molecular weight is 423 g/mol. The molecule has 28 heavy (non-hydrogen) atoms. The van der Waals surface area contributed by atoms with Crippen LogP contribution in [0.15, 0.2) is 29.2 Å². The minimum atomic E-state index is -3.58. The van der Waals surface area contributed by atoms with Crippen molar-refractivity contribution in [2.45, 2.75) is 48.7 Å². The summed E-state index contributed by atoms with van der Waals surface area (Å²) in [5, 5.41) is 9.78. The zero-order valence-corrected chi connectivity index (χ0v) is 16.9. The normalized spacial score (nSPS) is 29.2. The number of likely N-dealkylation sites (tertiary alicyclic amines) is 1. The van der Waals surface area contributed by atoms with Crippen LogP contribution in [0, 0.1) is 23.2 Å². The van der Waals surface area contributed by atoms with Gasteiger partial charge in [0.15, 0.2) is 0 Å². The van der Waals surface area contributed by atoms with Gasteiger partial charge in [0, 0.05) is 24.2 Å². The number of carbonyl (C=O) groups excluding carboxylic acids is 1. The summed E-state index contributed by atoms with van der Waals surface area (Å²) in [5.41, 5.74) is 6.27. The molecule has 1 aromatic carbocycles. The lowest BCUT2D eigenvalue weighted by atomic mass is 9.89. The van der Waals surface area contributed by atoms with Crippen molar-refractivity contribution in [1.29, 1.82) is 5.26 Å². The van der Waals surface area contributed by atoms with Gasteiger partial charge in [0.1, 0.15) is 6.04 Å². The third-order valence-electron chi connectivity index (χ3n) is 6.25. The Morgan fingerprint density at radius 1 is 1.21 bits per heavy atom. The van der Waals surface area contributed by atoms with Gasteiger partial charge in [-0.15, -0.1) is 0 Å². The summed E-state index contributed by atoms with van der Waals surface area (Å²) in [6.45, 7) is 0.647. The zero-order chi connectivity index (χ0) is 20.1. The van der Waals surface area contributed by atoms with E-state index in [9.17, 15) is 18.5 Å². The van der Waals surface area contributed by atoms with Gasteiger partial charge in [-0.25, -0.2) is 8.42 Å². The number of hydrogen-bond acceptors (Lipinski definition) is 5. The number of hydrogen-bond donors (Lipinski definition) is 1. The molecule has 3 fully saturated rings. The Balaban J connectivity index is 1.39. The van der Waals surface area contributed by atoms with Gasteiger partial charge in [-0.3, -0.25) is 4.79 Å². The van der Waals surface area contributed by atoms with E-state index in [4.69, 9.17) is 17.3 Å². The molecule has 0 unspecified atom stereocenters. The maximum absolute atomic E-state index is 12.9. The van der Waals surface area contributed by atoms with Crippen LogP contribution in [-0.2, 0) is 14.8 Å². The molecule has 2 heterocycles. The fourth-order valence-electron chi connectivity index (χ4n) is 4.49. The van der Waals surface area contributed by atoms with E-state index in [-0.39, 0.29) is 28.8 Å². The molecular weight excluding hydrogens is 400 g/mol. The van der Waals surface area contributed by atoms with E-state index in [1.54, 1.807) is 17.0 Å². The number of rotatable bonds is 4. The summed E-state index contributed by atoms with van der Waals surface area (Å²) in [7, 11) is -3.58. The van der Waals surface area contributed by atoms with Crippen LogP contribution in [0.3, 0.4) is 0 Å². The van der Waals surface area contributed by atoms with Crippen molar-refractivity contribution in [3.63, 3.8) is 0 Å². The van der Waals surface area contributed by atoms with Crippen LogP contribution in [0.5, 0.6) is 0 Å². The second kappa shape index (κ2) is 7.30. The van der Waals surface area contributed by atoms with Gasteiger partial charge in [-0.1, -0.05) is 11.6 Å². The molecule has 4 atom stereocenters. The van der Waals surface area contributed by atoms with E-state index >= 15 is 0 Å². The number of fused-ring (bicyclic) bond motifs is 1. The third-order valence-corrected chi connectivity index (χ3v) is 8.42. The first-order chi connectivity index (χ1) is 13.3. The van der Waals surface area contributed by atoms with Crippen LogP contribution in [0.2, 0.25) is 5.02 Å². The number of piperidine rings is 2. The van der Waals surface area contributed by atoms with Gasteiger partial charge >= 0.3 is 0 Å². The summed E-state index contributed by atoms with van der Waals surface area (Å²) in [5.74, 6) is 0.212. The zero-order valence-electron chi connectivity index (χ0n) is 15.4. The van der Waals surface area contributed by atoms with Gasteiger partial charge in [-0.2, -0.15) is 9.57 Å². The van der Waals surface area contributed by atoms with E-state index in [1.807, 2.05) is 0 Å². The minimum absolute atomic E-state index is 0.0821. The molecule has 1 saturated carbocycles. The predicted octanol–water partition coefficient (Wildman–Crippen LogP) is 1.58. The number of carbonyl (C=O) groups is 1. The molecule has 7 nitrogen and oxygen atoms in total. The maximum atomic E-state index is 12.9. The molecule has 150 valence electrons. The lowest BCUT2D eigenvalue weighted by molar-refractivity contribution is -0.135. The van der Waals surface area contributed by atoms with Gasteiger partial charge < -0.3 is 10.6 Å². The fraction of sp³-hybridized carbons (Fsp3) is 0.579. The van der Waals surface area contributed by atoms with Crippen LogP contribution in [-0.4, -0.2) is 54.7 Å². The highest BCUT2D eigenvalue weighted by Gasteiger charge is 2.55. The molecule has 0 spiro atoms. The number of nitrogens with two attached hydrogens (primary N) is 1. The van der Waals surface area contributed by atoms with Gasteiger partial charge in [0.25, 0.3) is 0 Å². The van der Waals surface area contributed by atoms with Crippen molar-refractivity contribution < 1.29 is 13.2 Å². The fourth-order valence-corrected chi connectivity index (χ4v) is 6.09. The number of sulfonamides is 1. The van der Waals surface area contributed by atoms with Crippen molar-refractivity contribution >= 4 is 27.5 Å². The minimum Gasteiger partial charge on any atom is -0.322 e. The molecule has 0 aromatic heterocycles. The van der Waals surface area contributed by atoms with E-state index in [1.165, 1.54) is 16.4 Å². The Bertz CT molecular complexity index is 906. The summed E-state index contributed by atoms with van der Waals surface area (Å²) in [6, 6.07) is 7.45. The Morgan fingerprint density at radius 2 is 1.86 bits per heavy atom. The van der Waals surface area contributed by atoms with Crippen LogP contribution >= 0.6 is 11.6 Å². The Labute approximate surface area is 170 Å². The first-order valence-corrected chi connectivity index (χ1v) is 11.4. The van der Waals surface area contributed by atoms with Gasteiger partial charge in [-0.05, 0) is 61.8 Å². The highest BCUT2D eigenvalue weighted by molar-refractivity contribution is 7.89. The van der Waals surface area contributed by atoms with Crippen molar-refractivity contribution in [3.05, 3.63) is 29.3 Å². The summed E-state index contributed by atoms with van der Waals surface area (Å²) in [4.78, 5) is 14.8. The van der Waals surface area contributed by atoms with Crippen molar-refractivity contribution in [1.82, 2.24) is 9.21 Å². The predicted molar refractivity (Wildman–Crippen MR) is 104 cm³/mol. The largest absolute Gasteiger partial charge is 0.322 e. The average Bonchev–Trinajstić information content (AvgIpc) is 3.37. The molecule has 4 rings (SSSR count). The second-order valence-corrected chi connectivity index (χ2v) is 10.3. The number of nitrogens with zero attached hydrogens (tertiary/aromatic N) is 3. The van der Waals surface area contributed by atoms with Gasteiger partial charge in [0.2, 0.25) is 15.9 Å². The number of halogens is 1. The molecule has 9 heteroatoms. The van der Waals surface area contributed by atoms with E-state index in [0.29, 0.717) is 36.9 Å². The molecule has 1 aromatic rings. The molecule has 1 amide bonds. The third kappa shape index (κ3) is 3.41. The van der Waals surface area contributed by atoms with Crippen molar-refractivity contribution in [2.75, 3.05) is 13.1 Å². The number of nitriles is 1. The highest BCUT2D eigenvalue weighted by Crippen LogP contribution is 2.48. The van der Waals surface area contributed by atoms with E-state index < -0.39 is 16.1 Å². The van der Waals surface area contributed by atoms with E-state index in [0.717, 1.165) is 12.8 Å². The monoisotopic (exact) mass is 422 g/mol. The van der Waals surface area contributed by atoms with E-state index in [2.05, 4.69) is 6.07 Å². The topological polar surface area (TPSA) is 108 Å². The van der Waals surface area contributed by atoms with Crippen molar-refractivity contribution in [3.8, 4) is 6.07 Å². The Kier molecular flexibility index (Phi) is 5.12. The molecule has 0 bridgehead atoms. The molecular formula is C19H23ClN4O3S. The molecule has 3 aliphatic rings. The lowest BCUT2D eigenvalue weighted by Gasteiger charge is -2.35. The van der Waals surface area contributed by atoms with Crippen LogP contribution in [0.1, 0.15) is 25.7 Å². The Hall–Kier alpha value is -1.66. The molecule has 2 N–H and O–H groups in total. The Morgan fingerprint density at radius 3 is 2.46 bits per heavy atom. The molecule has 2 saturated heterocycles. The van der Waals surface area contributed by atoms with Crippen LogP contribution < -0.4 is 5.73 Å². The molecule has 0 radical (unpaired) electrons. The first-order valence-electron chi connectivity index (χ1n) is 9.56. The molecule has 1 aliphatic carbocycles. The molecule has 2 aliphatic heterocycles. The number of amides is 1. The quantitative estimate of drug-likeness (QED) is 0.792. The lowest BCUT2D eigenvalue weighted by Crippen LogP contribution is -2.53. The standard InChI is InChI=1S/C19H23ClN4O3S/c20-14-1-3-16(4-2-14)28(26,27)23-7-5-12(6-8-23)18(22)19(25)24-15(11-21)9-13-10-17(13)24/h1-4,12-13,15,17-18H,5-10,22H2/t13-,15+,17+,18+/m1/s1. The van der Waals surface area contributed by atoms with Crippen molar-refractivity contribution in [2.24, 2.45) is 17.6 Å². The second-order valence-electron chi connectivity index (χ2n) is 7.91. The number of benzene rings is 1. The summed E-state index contributed by atoms with van der Waals surface area (Å²) < 4.78 is 27.0. The van der Waals surface area contributed by atoms with Crippen LogP contribution in [0.4, 0.5) is 0 Å². The van der Waals surface area contributed by atoms with Gasteiger partial charge in [0.05, 0.1) is 17.0 Å². The maximum Gasteiger partial charge on any atom is 0.243 e. The SMILES string of the molecule is N#C[C@@H]1C[C@@H]2C[C@@H]2N1C(=O)[C@@H](N)C1CCN(S(=O)(=O)c2ccc(Cl)cc2)CC1.